The molecule has 0 spiro atoms. The van der Waals surface area contributed by atoms with Crippen LogP contribution in [-0.4, -0.2) is 63.8 Å². The number of hydrogen-bond acceptors (Lipinski definition) is 4. The Kier molecular flexibility index (Phi) is 4.61. The molecular weight excluding hydrogens is 330 g/mol. The van der Waals surface area contributed by atoms with Gasteiger partial charge >= 0.3 is 0 Å². The van der Waals surface area contributed by atoms with Crippen LogP contribution >= 0.6 is 0 Å². The zero-order valence-electron chi connectivity index (χ0n) is 15.4. The van der Waals surface area contributed by atoms with Crippen molar-refractivity contribution in [2.45, 2.75) is 45.3 Å². The first kappa shape index (κ1) is 17.3. The van der Waals surface area contributed by atoms with Gasteiger partial charge in [0.2, 0.25) is 11.8 Å². The Bertz CT molecular complexity index is 720. The van der Waals surface area contributed by atoms with Crippen molar-refractivity contribution < 1.29 is 14.7 Å². The molecule has 6 heteroatoms. The van der Waals surface area contributed by atoms with E-state index < -0.39 is 0 Å². The number of likely N-dealkylation sites (N-methyl/N-ethyl adjacent to an activating group) is 1. The molecule has 3 aliphatic rings. The highest BCUT2D eigenvalue weighted by Gasteiger charge is 2.39. The SMILES string of the molecule is CCN1CCCC1CN1CC(C(=O)N2Cc3ccc(O)cc3C2)CC1=O. The van der Waals surface area contributed by atoms with Crippen LogP contribution < -0.4 is 0 Å². The van der Waals surface area contributed by atoms with Crippen molar-refractivity contribution in [3.63, 3.8) is 0 Å². The third-order valence-electron chi connectivity index (χ3n) is 6.12. The molecule has 2 unspecified atom stereocenters. The molecule has 4 rings (SSSR count). The van der Waals surface area contributed by atoms with Gasteiger partial charge < -0.3 is 14.9 Å². The summed E-state index contributed by atoms with van der Waals surface area (Å²) in [6.45, 7) is 6.71. The largest absolute Gasteiger partial charge is 0.508 e. The van der Waals surface area contributed by atoms with Gasteiger partial charge in [0.1, 0.15) is 5.75 Å². The average molecular weight is 357 g/mol. The Labute approximate surface area is 154 Å². The number of aromatic hydroxyl groups is 1. The minimum absolute atomic E-state index is 0.0651. The Morgan fingerprint density at radius 3 is 2.88 bits per heavy atom. The van der Waals surface area contributed by atoms with Crippen LogP contribution in [0.25, 0.3) is 0 Å². The Morgan fingerprint density at radius 2 is 2.08 bits per heavy atom. The number of carbonyl (C=O) groups is 2. The molecule has 2 saturated heterocycles. The number of hydrogen-bond donors (Lipinski definition) is 1. The van der Waals surface area contributed by atoms with E-state index in [2.05, 4.69) is 11.8 Å². The first-order valence-electron chi connectivity index (χ1n) is 9.66. The molecule has 0 bridgehead atoms. The third-order valence-corrected chi connectivity index (χ3v) is 6.12. The molecule has 3 aliphatic heterocycles. The summed E-state index contributed by atoms with van der Waals surface area (Å²) >= 11 is 0. The number of nitrogens with zero attached hydrogens (tertiary/aromatic N) is 3. The first-order valence-corrected chi connectivity index (χ1v) is 9.66. The maximum Gasteiger partial charge on any atom is 0.228 e. The Balaban J connectivity index is 1.37. The fraction of sp³-hybridized carbons (Fsp3) is 0.600. The quantitative estimate of drug-likeness (QED) is 0.888. The van der Waals surface area contributed by atoms with Crippen LogP contribution in [-0.2, 0) is 22.7 Å². The number of rotatable bonds is 4. The summed E-state index contributed by atoms with van der Waals surface area (Å²) in [6, 6.07) is 5.71. The molecule has 0 aliphatic carbocycles. The number of carbonyl (C=O) groups excluding carboxylic acids is 2. The zero-order valence-corrected chi connectivity index (χ0v) is 15.4. The van der Waals surface area contributed by atoms with Gasteiger partial charge in [-0.1, -0.05) is 13.0 Å². The molecule has 1 aromatic rings. The highest BCUT2D eigenvalue weighted by Crippen LogP contribution is 2.30. The lowest BCUT2D eigenvalue weighted by molar-refractivity contribution is -0.136. The highest BCUT2D eigenvalue weighted by atomic mass is 16.3. The lowest BCUT2D eigenvalue weighted by atomic mass is 10.1. The van der Waals surface area contributed by atoms with Gasteiger partial charge in [-0.2, -0.15) is 0 Å². The van der Waals surface area contributed by atoms with Crippen LogP contribution in [0.5, 0.6) is 5.75 Å². The number of phenols is 1. The summed E-state index contributed by atoms with van der Waals surface area (Å²) in [6.07, 6.45) is 2.67. The van der Waals surface area contributed by atoms with E-state index in [-0.39, 0.29) is 23.5 Å². The lowest BCUT2D eigenvalue weighted by Crippen LogP contribution is -2.41. The molecule has 2 amide bonds. The summed E-state index contributed by atoms with van der Waals surface area (Å²) in [5.41, 5.74) is 2.09. The van der Waals surface area contributed by atoms with Gasteiger partial charge in [-0.3, -0.25) is 14.5 Å². The summed E-state index contributed by atoms with van der Waals surface area (Å²) < 4.78 is 0. The molecule has 1 aromatic carbocycles. The second kappa shape index (κ2) is 6.91. The van der Waals surface area contributed by atoms with Crippen molar-refractivity contribution in [2.24, 2.45) is 5.92 Å². The third kappa shape index (κ3) is 3.18. The van der Waals surface area contributed by atoms with E-state index in [0.29, 0.717) is 32.1 Å². The van der Waals surface area contributed by atoms with E-state index in [1.165, 1.54) is 6.42 Å². The number of likely N-dealkylation sites (tertiary alicyclic amines) is 2. The van der Waals surface area contributed by atoms with Gasteiger partial charge in [-0.15, -0.1) is 0 Å². The monoisotopic (exact) mass is 357 g/mol. The maximum absolute atomic E-state index is 12.9. The van der Waals surface area contributed by atoms with Crippen molar-refractivity contribution in [1.82, 2.24) is 14.7 Å². The lowest BCUT2D eigenvalue weighted by Gasteiger charge is -2.28. The molecule has 6 nitrogen and oxygen atoms in total. The molecular formula is C20H27N3O3. The van der Waals surface area contributed by atoms with Gasteiger partial charge in [0.05, 0.1) is 5.92 Å². The fourth-order valence-electron chi connectivity index (χ4n) is 4.68. The van der Waals surface area contributed by atoms with Crippen LogP contribution in [0.3, 0.4) is 0 Å². The number of phenolic OH excluding ortho intramolecular Hbond substituents is 1. The van der Waals surface area contributed by atoms with Crippen molar-refractivity contribution in [1.29, 1.82) is 0 Å². The van der Waals surface area contributed by atoms with Crippen molar-refractivity contribution in [3.8, 4) is 5.75 Å². The Morgan fingerprint density at radius 1 is 1.27 bits per heavy atom. The number of benzene rings is 1. The second-order valence-electron chi connectivity index (χ2n) is 7.77. The number of fused-ring (bicyclic) bond motifs is 1. The molecule has 140 valence electrons. The highest BCUT2D eigenvalue weighted by molar-refractivity contribution is 5.89. The minimum Gasteiger partial charge on any atom is -0.508 e. The van der Waals surface area contributed by atoms with E-state index in [9.17, 15) is 14.7 Å². The first-order chi connectivity index (χ1) is 12.5. The van der Waals surface area contributed by atoms with Gasteiger partial charge in [-0.25, -0.2) is 0 Å². The van der Waals surface area contributed by atoms with Crippen LogP contribution in [0.4, 0.5) is 0 Å². The van der Waals surface area contributed by atoms with Crippen LogP contribution in [0.2, 0.25) is 0 Å². The predicted molar refractivity (Wildman–Crippen MR) is 97.3 cm³/mol. The predicted octanol–water partition coefficient (Wildman–Crippen LogP) is 1.57. The zero-order chi connectivity index (χ0) is 18.3. The van der Waals surface area contributed by atoms with Crippen molar-refractivity contribution in [3.05, 3.63) is 29.3 Å². The second-order valence-corrected chi connectivity index (χ2v) is 7.77. The van der Waals surface area contributed by atoms with E-state index >= 15 is 0 Å². The van der Waals surface area contributed by atoms with Crippen LogP contribution in [0, 0.1) is 5.92 Å². The van der Waals surface area contributed by atoms with Gasteiger partial charge in [-0.05, 0) is 49.2 Å². The molecule has 0 aromatic heterocycles. The average Bonchev–Trinajstić information content (AvgIpc) is 3.33. The normalized spacial score (nSPS) is 26.0. The molecule has 26 heavy (non-hydrogen) atoms. The number of amides is 2. The molecule has 0 saturated carbocycles. The van der Waals surface area contributed by atoms with Crippen LogP contribution in [0.1, 0.15) is 37.3 Å². The van der Waals surface area contributed by atoms with E-state index in [1.54, 1.807) is 12.1 Å². The van der Waals surface area contributed by atoms with Crippen LogP contribution in [0.15, 0.2) is 18.2 Å². The van der Waals surface area contributed by atoms with E-state index in [4.69, 9.17) is 0 Å². The molecule has 3 heterocycles. The summed E-state index contributed by atoms with van der Waals surface area (Å²) in [5, 5.41) is 9.62. The minimum atomic E-state index is -0.234. The smallest absolute Gasteiger partial charge is 0.228 e. The van der Waals surface area contributed by atoms with Gasteiger partial charge in [0, 0.05) is 38.6 Å². The van der Waals surface area contributed by atoms with E-state index in [0.717, 1.165) is 37.2 Å². The van der Waals surface area contributed by atoms with Gasteiger partial charge in [0.15, 0.2) is 0 Å². The Hall–Kier alpha value is -2.08. The van der Waals surface area contributed by atoms with Gasteiger partial charge in [0.25, 0.3) is 0 Å². The van der Waals surface area contributed by atoms with E-state index in [1.807, 2.05) is 15.9 Å². The molecule has 2 fully saturated rings. The summed E-state index contributed by atoms with van der Waals surface area (Å²) in [4.78, 5) is 31.5. The molecule has 2 atom stereocenters. The standard InChI is InChI=1S/C20H27N3O3/c1-2-21-7-3-4-17(21)13-22-12-16(9-19(22)25)20(26)23-10-14-5-6-18(24)8-15(14)11-23/h5-6,8,16-17,24H,2-4,7,9-13H2,1H3. The topological polar surface area (TPSA) is 64.1 Å². The fourth-order valence-corrected chi connectivity index (χ4v) is 4.68. The maximum atomic E-state index is 12.9. The van der Waals surface area contributed by atoms with Crippen molar-refractivity contribution >= 4 is 11.8 Å². The summed E-state index contributed by atoms with van der Waals surface area (Å²) in [7, 11) is 0. The summed E-state index contributed by atoms with van der Waals surface area (Å²) in [5.74, 6) is 0.176. The van der Waals surface area contributed by atoms with Crippen molar-refractivity contribution in [2.75, 3.05) is 26.2 Å². The molecule has 1 N–H and O–H groups in total. The molecule has 0 radical (unpaired) electrons.